The molecule has 1 aromatic heterocycles. The summed E-state index contributed by atoms with van der Waals surface area (Å²) in [5.41, 5.74) is 2.80. The first-order valence-electron chi connectivity index (χ1n) is 8.46. The molecule has 0 aliphatic heterocycles. The van der Waals surface area contributed by atoms with E-state index in [1.165, 1.54) is 6.20 Å². The number of aromatic nitrogens is 1. The van der Waals surface area contributed by atoms with Crippen molar-refractivity contribution in [3.63, 3.8) is 0 Å². The number of rotatable bonds is 6. The van der Waals surface area contributed by atoms with Gasteiger partial charge in [-0.1, -0.05) is 40.2 Å². The van der Waals surface area contributed by atoms with Crippen LogP contribution in [0.1, 0.15) is 22.3 Å². The van der Waals surface area contributed by atoms with E-state index < -0.39 is 0 Å². The maximum Gasteiger partial charge on any atom is 0.257 e. The van der Waals surface area contributed by atoms with Crippen molar-refractivity contribution in [3.05, 3.63) is 88.7 Å². The minimum atomic E-state index is -0.250. The van der Waals surface area contributed by atoms with Gasteiger partial charge < -0.3 is 10.6 Å². The van der Waals surface area contributed by atoms with Gasteiger partial charge in [0, 0.05) is 34.7 Å². The van der Waals surface area contributed by atoms with E-state index in [4.69, 9.17) is 0 Å². The smallest absolute Gasteiger partial charge is 0.257 e. The lowest BCUT2D eigenvalue weighted by atomic mass is 10.1. The number of halogens is 1. The number of carbonyl (C=O) groups is 2. The second-order valence-corrected chi connectivity index (χ2v) is 6.77. The van der Waals surface area contributed by atoms with Crippen LogP contribution in [0.15, 0.2) is 77.5 Å². The van der Waals surface area contributed by atoms with Crippen molar-refractivity contribution in [2.24, 2.45) is 0 Å². The van der Waals surface area contributed by atoms with E-state index in [1.54, 1.807) is 42.6 Å². The molecular formula is C21H18BrN3O2. The van der Waals surface area contributed by atoms with Crippen LogP contribution in [0.25, 0.3) is 0 Å². The van der Waals surface area contributed by atoms with Crippen molar-refractivity contribution in [3.8, 4) is 0 Å². The molecule has 3 rings (SSSR count). The van der Waals surface area contributed by atoms with Crippen LogP contribution in [-0.4, -0.2) is 16.8 Å². The summed E-state index contributed by atoms with van der Waals surface area (Å²) in [4.78, 5) is 28.4. The molecule has 1 heterocycles. The number of amides is 2. The number of anilines is 2. The average molecular weight is 424 g/mol. The van der Waals surface area contributed by atoms with Crippen molar-refractivity contribution >= 4 is 39.1 Å². The molecule has 0 aliphatic carbocycles. The van der Waals surface area contributed by atoms with E-state index in [9.17, 15) is 9.59 Å². The second kappa shape index (κ2) is 9.09. The summed E-state index contributed by atoms with van der Waals surface area (Å²) in [5, 5.41) is 5.67. The Balaban J connectivity index is 1.58. The molecule has 3 aromatic rings. The number of carbonyl (C=O) groups excluding carboxylic acids is 2. The Labute approximate surface area is 166 Å². The van der Waals surface area contributed by atoms with Gasteiger partial charge in [-0.3, -0.25) is 14.6 Å². The maximum absolute atomic E-state index is 12.2. The normalized spacial score (nSPS) is 10.3. The van der Waals surface area contributed by atoms with Crippen molar-refractivity contribution < 1.29 is 9.59 Å². The topological polar surface area (TPSA) is 71.1 Å². The van der Waals surface area contributed by atoms with Gasteiger partial charge in [0.1, 0.15) is 0 Å². The summed E-state index contributed by atoms with van der Waals surface area (Å²) in [6.07, 6.45) is 4.13. The number of pyridine rings is 1. The highest BCUT2D eigenvalue weighted by atomic mass is 79.9. The fraction of sp³-hybridized carbons (Fsp3) is 0.0952. The van der Waals surface area contributed by atoms with Gasteiger partial charge in [-0.2, -0.15) is 0 Å². The van der Waals surface area contributed by atoms with Gasteiger partial charge in [0.05, 0.1) is 5.56 Å². The van der Waals surface area contributed by atoms with Crippen LogP contribution in [0.4, 0.5) is 11.4 Å². The molecule has 0 aliphatic rings. The number of hydrogen-bond donors (Lipinski definition) is 2. The number of nitrogens with zero attached hydrogens (tertiary/aromatic N) is 1. The third-order valence-electron chi connectivity index (χ3n) is 3.91. The lowest BCUT2D eigenvalue weighted by Gasteiger charge is -2.09. The quantitative estimate of drug-likeness (QED) is 0.604. The highest BCUT2D eigenvalue weighted by Crippen LogP contribution is 2.19. The summed E-state index contributed by atoms with van der Waals surface area (Å²) >= 11 is 3.49. The molecule has 0 radical (unpaired) electrons. The first kappa shape index (κ1) is 18.8. The molecule has 6 heteroatoms. The van der Waals surface area contributed by atoms with Gasteiger partial charge >= 0.3 is 0 Å². The first-order chi connectivity index (χ1) is 13.1. The highest BCUT2D eigenvalue weighted by molar-refractivity contribution is 9.10. The molecule has 2 N–H and O–H groups in total. The largest absolute Gasteiger partial charge is 0.326 e. The van der Waals surface area contributed by atoms with Gasteiger partial charge in [0.25, 0.3) is 5.91 Å². The summed E-state index contributed by atoms with van der Waals surface area (Å²) < 4.78 is 0.998. The van der Waals surface area contributed by atoms with Crippen LogP contribution in [0.2, 0.25) is 0 Å². The fourth-order valence-corrected chi connectivity index (χ4v) is 3.03. The lowest BCUT2D eigenvalue weighted by molar-refractivity contribution is -0.116. The minimum Gasteiger partial charge on any atom is -0.326 e. The van der Waals surface area contributed by atoms with Gasteiger partial charge in [-0.05, 0) is 48.4 Å². The highest BCUT2D eigenvalue weighted by Gasteiger charge is 2.08. The second-order valence-electron chi connectivity index (χ2n) is 5.92. The van der Waals surface area contributed by atoms with Crippen LogP contribution in [-0.2, 0) is 11.2 Å². The van der Waals surface area contributed by atoms with E-state index >= 15 is 0 Å². The number of nitrogens with one attached hydrogen (secondary N) is 2. The van der Waals surface area contributed by atoms with E-state index in [0.717, 1.165) is 10.0 Å². The van der Waals surface area contributed by atoms with Gasteiger partial charge in [-0.15, -0.1) is 0 Å². The Morgan fingerprint density at radius 1 is 0.926 bits per heavy atom. The Kier molecular flexibility index (Phi) is 6.33. The van der Waals surface area contributed by atoms with Crippen LogP contribution >= 0.6 is 15.9 Å². The van der Waals surface area contributed by atoms with Crippen LogP contribution in [0.3, 0.4) is 0 Å². The third-order valence-corrected chi connectivity index (χ3v) is 4.68. The number of hydrogen-bond acceptors (Lipinski definition) is 3. The molecule has 2 aromatic carbocycles. The molecule has 0 spiro atoms. The van der Waals surface area contributed by atoms with E-state index in [-0.39, 0.29) is 11.8 Å². The summed E-state index contributed by atoms with van der Waals surface area (Å²) in [5.74, 6) is -0.331. The molecule has 0 fully saturated rings. The minimum absolute atomic E-state index is 0.0820. The van der Waals surface area contributed by atoms with Crippen molar-refractivity contribution in [1.29, 1.82) is 0 Å². The molecule has 2 amide bonds. The summed E-state index contributed by atoms with van der Waals surface area (Å²) in [6, 6.07) is 18.3. The Bertz CT molecular complexity index is 945. The molecule has 136 valence electrons. The lowest BCUT2D eigenvalue weighted by Crippen LogP contribution is -2.14. The molecule has 0 bridgehead atoms. The predicted octanol–water partition coefficient (Wildman–Crippen LogP) is 4.67. The standard InChI is InChI=1S/C21H18BrN3O2/c22-19-9-2-1-5-15(19)10-11-20(26)24-17-7-3-8-18(13-17)25-21(27)16-6-4-12-23-14-16/h1-9,12-14H,10-11H2,(H,24,26)(H,25,27). The molecule has 0 saturated heterocycles. The van der Waals surface area contributed by atoms with Crippen LogP contribution in [0.5, 0.6) is 0 Å². The van der Waals surface area contributed by atoms with Gasteiger partial charge in [-0.25, -0.2) is 0 Å². The zero-order valence-corrected chi connectivity index (χ0v) is 16.1. The van der Waals surface area contributed by atoms with Gasteiger partial charge in [0.15, 0.2) is 0 Å². The molecule has 0 atom stereocenters. The Hall–Kier alpha value is -2.99. The monoisotopic (exact) mass is 423 g/mol. The van der Waals surface area contributed by atoms with Gasteiger partial charge in [0.2, 0.25) is 5.91 Å². The fourth-order valence-electron chi connectivity index (χ4n) is 2.55. The predicted molar refractivity (Wildman–Crippen MR) is 110 cm³/mol. The summed E-state index contributed by atoms with van der Waals surface area (Å²) in [7, 11) is 0. The zero-order chi connectivity index (χ0) is 19.1. The maximum atomic E-state index is 12.2. The molecular weight excluding hydrogens is 406 g/mol. The average Bonchev–Trinajstić information content (AvgIpc) is 2.68. The Morgan fingerprint density at radius 2 is 1.70 bits per heavy atom. The van der Waals surface area contributed by atoms with Crippen molar-refractivity contribution in [1.82, 2.24) is 4.98 Å². The Morgan fingerprint density at radius 3 is 2.44 bits per heavy atom. The van der Waals surface area contributed by atoms with E-state index in [2.05, 4.69) is 31.5 Å². The molecule has 27 heavy (non-hydrogen) atoms. The molecule has 0 saturated carbocycles. The summed E-state index contributed by atoms with van der Waals surface area (Å²) in [6.45, 7) is 0. The third kappa shape index (κ3) is 5.49. The number of benzene rings is 2. The molecule has 0 unspecified atom stereocenters. The SMILES string of the molecule is O=C(CCc1ccccc1Br)Nc1cccc(NC(=O)c2cccnc2)c1. The zero-order valence-electron chi connectivity index (χ0n) is 14.5. The van der Waals surface area contributed by atoms with Crippen molar-refractivity contribution in [2.75, 3.05) is 10.6 Å². The van der Waals surface area contributed by atoms with Crippen molar-refractivity contribution in [2.45, 2.75) is 12.8 Å². The molecule has 5 nitrogen and oxygen atoms in total. The van der Waals surface area contributed by atoms with Crippen LogP contribution in [0, 0.1) is 0 Å². The van der Waals surface area contributed by atoms with E-state index in [1.807, 2.05) is 24.3 Å². The first-order valence-corrected chi connectivity index (χ1v) is 9.26. The number of aryl methyl sites for hydroxylation is 1. The van der Waals surface area contributed by atoms with Crippen LogP contribution < -0.4 is 10.6 Å². The van der Waals surface area contributed by atoms with E-state index in [0.29, 0.717) is 29.8 Å².